The van der Waals surface area contributed by atoms with Crippen molar-refractivity contribution >= 4 is 16.7 Å². The number of phenols is 2. The van der Waals surface area contributed by atoms with Crippen LogP contribution in [-0.2, 0) is 6.54 Å². The van der Waals surface area contributed by atoms with E-state index in [2.05, 4.69) is 5.32 Å². The van der Waals surface area contributed by atoms with Crippen molar-refractivity contribution in [2.24, 2.45) is 0 Å². The third-order valence-electron chi connectivity index (χ3n) is 3.58. The Morgan fingerprint density at radius 1 is 0.909 bits per heavy atom. The Morgan fingerprint density at radius 3 is 2.50 bits per heavy atom. The molecule has 0 radical (unpaired) electrons. The molecule has 0 saturated carbocycles. The van der Waals surface area contributed by atoms with Gasteiger partial charge in [0, 0.05) is 6.54 Å². The third-order valence-corrected chi connectivity index (χ3v) is 3.58. The summed E-state index contributed by atoms with van der Waals surface area (Å²) in [5, 5.41) is 24.1. The molecule has 110 valence electrons. The van der Waals surface area contributed by atoms with Crippen LogP contribution in [0.25, 0.3) is 10.8 Å². The summed E-state index contributed by atoms with van der Waals surface area (Å²) in [5.41, 5.74) is 1.05. The van der Waals surface area contributed by atoms with Gasteiger partial charge < -0.3 is 15.5 Å². The number of amides is 1. The molecule has 4 heteroatoms. The summed E-state index contributed by atoms with van der Waals surface area (Å²) in [6, 6.07) is 18.2. The topological polar surface area (TPSA) is 69.6 Å². The normalized spacial score (nSPS) is 10.5. The Hall–Kier alpha value is -3.01. The van der Waals surface area contributed by atoms with Crippen molar-refractivity contribution in [1.82, 2.24) is 5.32 Å². The van der Waals surface area contributed by atoms with Gasteiger partial charge >= 0.3 is 0 Å². The fraction of sp³-hybridized carbons (Fsp3) is 0.0556. The van der Waals surface area contributed by atoms with Crippen molar-refractivity contribution in [3.8, 4) is 11.5 Å². The minimum Gasteiger partial charge on any atom is -0.504 e. The highest BCUT2D eigenvalue weighted by molar-refractivity contribution is 5.97. The van der Waals surface area contributed by atoms with Gasteiger partial charge in [-0.2, -0.15) is 0 Å². The second kappa shape index (κ2) is 5.77. The highest BCUT2D eigenvalue weighted by atomic mass is 16.3. The van der Waals surface area contributed by atoms with Crippen LogP contribution < -0.4 is 5.32 Å². The van der Waals surface area contributed by atoms with E-state index in [-0.39, 0.29) is 11.3 Å². The van der Waals surface area contributed by atoms with Crippen molar-refractivity contribution in [2.45, 2.75) is 6.54 Å². The summed E-state index contributed by atoms with van der Waals surface area (Å²) < 4.78 is 0. The molecule has 1 amide bonds. The first kappa shape index (κ1) is 13.9. The molecule has 22 heavy (non-hydrogen) atoms. The first-order chi connectivity index (χ1) is 10.7. The predicted octanol–water partition coefficient (Wildman–Crippen LogP) is 3.18. The van der Waals surface area contributed by atoms with Gasteiger partial charge in [-0.3, -0.25) is 4.79 Å². The molecule has 3 rings (SSSR count). The molecular formula is C18H15NO3. The van der Waals surface area contributed by atoms with Gasteiger partial charge in [-0.25, -0.2) is 0 Å². The molecule has 0 aliphatic rings. The summed E-state index contributed by atoms with van der Waals surface area (Å²) >= 11 is 0. The zero-order valence-electron chi connectivity index (χ0n) is 11.8. The Kier molecular flexibility index (Phi) is 3.66. The maximum absolute atomic E-state index is 12.1. The molecule has 0 spiro atoms. The van der Waals surface area contributed by atoms with Gasteiger partial charge in [-0.1, -0.05) is 48.5 Å². The highest BCUT2D eigenvalue weighted by Crippen LogP contribution is 2.28. The van der Waals surface area contributed by atoms with Crippen LogP contribution in [0.4, 0.5) is 0 Å². The number of carbonyl (C=O) groups excluding carboxylic acids is 1. The Bertz CT molecular complexity index is 837. The van der Waals surface area contributed by atoms with E-state index in [9.17, 15) is 15.0 Å². The zero-order valence-corrected chi connectivity index (χ0v) is 11.8. The highest BCUT2D eigenvalue weighted by Gasteiger charge is 2.13. The molecule has 3 aromatic carbocycles. The van der Waals surface area contributed by atoms with Crippen LogP contribution >= 0.6 is 0 Å². The fourth-order valence-electron chi connectivity index (χ4n) is 2.43. The lowest BCUT2D eigenvalue weighted by Gasteiger charge is -2.10. The van der Waals surface area contributed by atoms with Crippen molar-refractivity contribution in [3.05, 3.63) is 71.8 Å². The summed E-state index contributed by atoms with van der Waals surface area (Å²) in [4.78, 5) is 12.1. The van der Waals surface area contributed by atoms with E-state index in [1.54, 1.807) is 0 Å². The van der Waals surface area contributed by atoms with Gasteiger partial charge in [0.05, 0.1) is 5.56 Å². The average molecular weight is 293 g/mol. The van der Waals surface area contributed by atoms with Crippen molar-refractivity contribution in [3.63, 3.8) is 0 Å². The number of carbonyl (C=O) groups is 1. The van der Waals surface area contributed by atoms with E-state index < -0.39 is 11.7 Å². The largest absolute Gasteiger partial charge is 0.504 e. The number of para-hydroxylation sites is 1. The van der Waals surface area contributed by atoms with Crippen LogP contribution in [0.1, 0.15) is 15.9 Å². The number of nitrogens with one attached hydrogen (secondary N) is 1. The van der Waals surface area contributed by atoms with Gasteiger partial charge in [0.2, 0.25) is 0 Å². The summed E-state index contributed by atoms with van der Waals surface area (Å²) in [5.74, 6) is -1.14. The molecule has 0 atom stereocenters. The molecule has 0 saturated heterocycles. The average Bonchev–Trinajstić information content (AvgIpc) is 2.55. The van der Waals surface area contributed by atoms with Gasteiger partial charge in [-0.15, -0.1) is 0 Å². The molecule has 4 nitrogen and oxygen atoms in total. The van der Waals surface area contributed by atoms with E-state index >= 15 is 0 Å². The Balaban J connectivity index is 1.82. The van der Waals surface area contributed by atoms with Crippen LogP contribution in [0.15, 0.2) is 60.7 Å². The molecule has 3 aromatic rings. The third kappa shape index (κ3) is 2.59. The number of rotatable bonds is 3. The van der Waals surface area contributed by atoms with Crippen LogP contribution in [0.5, 0.6) is 11.5 Å². The molecular weight excluding hydrogens is 278 g/mol. The summed E-state index contributed by atoms with van der Waals surface area (Å²) in [6.45, 7) is 0.343. The van der Waals surface area contributed by atoms with E-state index in [0.29, 0.717) is 6.54 Å². The molecule has 3 N–H and O–H groups in total. The summed E-state index contributed by atoms with van der Waals surface area (Å²) in [7, 11) is 0. The molecule has 0 aliphatic heterocycles. The molecule has 0 heterocycles. The maximum atomic E-state index is 12.1. The van der Waals surface area contributed by atoms with E-state index in [0.717, 1.165) is 16.3 Å². The lowest BCUT2D eigenvalue weighted by Crippen LogP contribution is -2.23. The number of aromatic hydroxyl groups is 2. The second-order valence-corrected chi connectivity index (χ2v) is 4.99. The molecule has 0 fully saturated rings. The minimum absolute atomic E-state index is 0.0558. The molecule has 0 bridgehead atoms. The van der Waals surface area contributed by atoms with E-state index in [1.165, 1.54) is 18.2 Å². The number of hydrogen-bond acceptors (Lipinski definition) is 3. The monoisotopic (exact) mass is 293 g/mol. The van der Waals surface area contributed by atoms with Crippen molar-refractivity contribution < 1.29 is 15.0 Å². The number of phenolic OH excluding ortho intramolecular Hbond substituents is 2. The lowest BCUT2D eigenvalue weighted by molar-refractivity contribution is 0.0947. The SMILES string of the molecule is O=C(NCc1cccc2ccccc12)c1cccc(O)c1O. The van der Waals surface area contributed by atoms with Crippen molar-refractivity contribution in [2.75, 3.05) is 0 Å². The van der Waals surface area contributed by atoms with Crippen LogP contribution in [0.2, 0.25) is 0 Å². The van der Waals surface area contributed by atoms with Gasteiger partial charge in [0.25, 0.3) is 5.91 Å². The zero-order chi connectivity index (χ0) is 15.5. The quantitative estimate of drug-likeness (QED) is 0.650. The first-order valence-electron chi connectivity index (χ1n) is 6.92. The number of hydrogen-bond donors (Lipinski definition) is 3. The van der Waals surface area contributed by atoms with Gasteiger partial charge in [0.1, 0.15) is 0 Å². The lowest BCUT2D eigenvalue weighted by atomic mass is 10.0. The summed E-state index contributed by atoms with van der Waals surface area (Å²) in [6.07, 6.45) is 0. The van der Waals surface area contributed by atoms with Gasteiger partial charge in [0.15, 0.2) is 11.5 Å². The van der Waals surface area contributed by atoms with E-state index in [1.807, 2.05) is 42.5 Å². The molecule has 0 unspecified atom stereocenters. The standard InChI is InChI=1S/C18H15NO3/c20-16-10-4-9-15(17(16)21)18(22)19-11-13-7-3-6-12-5-1-2-8-14(12)13/h1-10,20-21H,11H2,(H,19,22). The fourth-order valence-corrected chi connectivity index (χ4v) is 2.43. The Labute approximate surface area is 127 Å². The smallest absolute Gasteiger partial charge is 0.255 e. The van der Waals surface area contributed by atoms with Crippen LogP contribution in [0.3, 0.4) is 0 Å². The van der Waals surface area contributed by atoms with Crippen LogP contribution in [0, 0.1) is 0 Å². The molecule has 0 aromatic heterocycles. The number of fused-ring (bicyclic) bond motifs is 1. The minimum atomic E-state index is -0.429. The number of benzene rings is 3. The van der Waals surface area contributed by atoms with E-state index in [4.69, 9.17) is 0 Å². The van der Waals surface area contributed by atoms with Crippen LogP contribution in [-0.4, -0.2) is 16.1 Å². The maximum Gasteiger partial charge on any atom is 0.255 e. The van der Waals surface area contributed by atoms with Crippen molar-refractivity contribution in [1.29, 1.82) is 0 Å². The second-order valence-electron chi connectivity index (χ2n) is 4.99. The first-order valence-corrected chi connectivity index (χ1v) is 6.92. The van der Waals surface area contributed by atoms with Gasteiger partial charge in [-0.05, 0) is 28.5 Å². The predicted molar refractivity (Wildman–Crippen MR) is 84.9 cm³/mol. The molecule has 0 aliphatic carbocycles. The Morgan fingerprint density at radius 2 is 1.64 bits per heavy atom.